The molecule has 1 aromatic carbocycles. The molecule has 1 aromatic heterocycles. The van der Waals surface area contributed by atoms with Crippen LogP contribution in [0.1, 0.15) is 0 Å². The Kier molecular flexibility index (Phi) is 6.58. The van der Waals surface area contributed by atoms with E-state index in [9.17, 15) is 8.42 Å². The summed E-state index contributed by atoms with van der Waals surface area (Å²) in [5.41, 5.74) is 0. The number of methoxy groups -OCH3 is 2. The number of nitrogens with zero attached hydrogens (tertiary/aromatic N) is 3. The van der Waals surface area contributed by atoms with E-state index >= 15 is 0 Å². The van der Waals surface area contributed by atoms with Crippen molar-refractivity contribution in [3.63, 3.8) is 0 Å². The molecule has 1 heterocycles. The number of nitrogens with one attached hydrogen (secondary N) is 2. The lowest BCUT2D eigenvalue weighted by Crippen LogP contribution is -2.21. The first-order chi connectivity index (χ1) is 12.4. The molecule has 2 N–H and O–H groups in total. The SMILES string of the molecule is COc1ccc(S(=O)(=O)Nc2ccc(NCCN(C)C)nn2)c(OC)c1. The summed E-state index contributed by atoms with van der Waals surface area (Å²) in [6.07, 6.45) is 0. The van der Waals surface area contributed by atoms with Crippen LogP contribution in [-0.2, 0) is 10.0 Å². The maximum atomic E-state index is 12.6. The molecule has 0 saturated heterocycles. The van der Waals surface area contributed by atoms with Crippen molar-refractivity contribution in [1.29, 1.82) is 0 Å². The monoisotopic (exact) mass is 381 g/mol. The highest BCUT2D eigenvalue weighted by Gasteiger charge is 2.21. The lowest BCUT2D eigenvalue weighted by atomic mass is 10.3. The number of hydrogen-bond donors (Lipinski definition) is 2. The first kappa shape index (κ1) is 19.7. The van der Waals surface area contributed by atoms with Crippen molar-refractivity contribution in [1.82, 2.24) is 15.1 Å². The average Bonchev–Trinajstić information content (AvgIpc) is 2.62. The molecule has 0 atom stereocenters. The summed E-state index contributed by atoms with van der Waals surface area (Å²) < 4.78 is 37.8. The van der Waals surface area contributed by atoms with Gasteiger partial charge in [-0.2, -0.15) is 0 Å². The quantitative estimate of drug-likeness (QED) is 0.669. The van der Waals surface area contributed by atoms with Gasteiger partial charge in [0.1, 0.15) is 22.2 Å². The minimum absolute atomic E-state index is 0.0178. The van der Waals surface area contributed by atoms with E-state index < -0.39 is 10.0 Å². The molecule has 10 heteroatoms. The van der Waals surface area contributed by atoms with Crippen LogP contribution in [-0.4, -0.2) is 64.9 Å². The molecule has 0 aliphatic heterocycles. The normalized spacial score (nSPS) is 11.3. The highest BCUT2D eigenvalue weighted by Crippen LogP contribution is 2.29. The molecule has 0 bridgehead atoms. The van der Waals surface area contributed by atoms with E-state index in [-0.39, 0.29) is 16.5 Å². The number of sulfonamides is 1. The van der Waals surface area contributed by atoms with Gasteiger partial charge in [0.25, 0.3) is 10.0 Å². The van der Waals surface area contributed by atoms with Crippen molar-refractivity contribution in [2.45, 2.75) is 4.90 Å². The summed E-state index contributed by atoms with van der Waals surface area (Å²) in [5.74, 6) is 1.35. The van der Waals surface area contributed by atoms with Gasteiger partial charge in [0.15, 0.2) is 5.82 Å². The van der Waals surface area contributed by atoms with Gasteiger partial charge in [0, 0.05) is 19.2 Å². The van der Waals surface area contributed by atoms with Crippen molar-refractivity contribution >= 4 is 21.7 Å². The van der Waals surface area contributed by atoms with E-state index in [1.807, 2.05) is 19.0 Å². The Morgan fingerprint density at radius 3 is 2.31 bits per heavy atom. The predicted octanol–water partition coefficient (Wildman–Crippen LogP) is 1.27. The number of ether oxygens (including phenoxy) is 2. The second-order valence-corrected chi connectivity index (χ2v) is 7.31. The smallest absolute Gasteiger partial charge is 0.266 e. The first-order valence-electron chi connectivity index (χ1n) is 7.83. The number of hydrogen-bond acceptors (Lipinski definition) is 8. The van der Waals surface area contributed by atoms with Crippen molar-refractivity contribution in [2.24, 2.45) is 0 Å². The van der Waals surface area contributed by atoms with Crippen LogP contribution in [0.3, 0.4) is 0 Å². The van der Waals surface area contributed by atoms with Crippen molar-refractivity contribution in [3.05, 3.63) is 30.3 Å². The molecule has 142 valence electrons. The van der Waals surface area contributed by atoms with E-state index in [4.69, 9.17) is 9.47 Å². The van der Waals surface area contributed by atoms with Crippen LogP contribution in [0, 0.1) is 0 Å². The Hall–Kier alpha value is -2.59. The molecule has 0 unspecified atom stereocenters. The lowest BCUT2D eigenvalue weighted by Gasteiger charge is -2.13. The molecule has 9 nitrogen and oxygen atoms in total. The van der Waals surface area contributed by atoms with Crippen LogP contribution in [0.5, 0.6) is 11.5 Å². The topological polar surface area (TPSA) is 106 Å². The fraction of sp³-hybridized carbons (Fsp3) is 0.375. The van der Waals surface area contributed by atoms with Crippen LogP contribution in [0.15, 0.2) is 35.2 Å². The van der Waals surface area contributed by atoms with Crippen LogP contribution in [0.2, 0.25) is 0 Å². The highest BCUT2D eigenvalue weighted by molar-refractivity contribution is 7.92. The third-order valence-corrected chi connectivity index (χ3v) is 4.82. The second-order valence-electron chi connectivity index (χ2n) is 5.66. The van der Waals surface area contributed by atoms with Gasteiger partial charge in [-0.15, -0.1) is 10.2 Å². The molecular formula is C16H23N5O4S. The minimum atomic E-state index is -3.88. The lowest BCUT2D eigenvalue weighted by molar-refractivity contribution is 0.386. The first-order valence-corrected chi connectivity index (χ1v) is 9.31. The molecule has 26 heavy (non-hydrogen) atoms. The van der Waals surface area contributed by atoms with E-state index in [1.165, 1.54) is 26.4 Å². The van der Waals surface area contributed by atoms with Crippen LogP contribution < -0.4 is 19.5 Å². The van der Waals surface area contributed by atoms with Crippen molar-refractivity contribution in [2.75, 3.05) is 51.4 Å². The Bertz CT molecular complexity index is 825. The Morgan fingerprint density at radius 1 is 1.04 bits per heavy atom. The van der Waals surface area contributed by atoms with E-state index in [0.29, 0.717) is 18.1 Å². The molecule has 0 aliphatic rings. The average molecular weight is 381 g/mol. The molecule has 0 amide bonds. The summed E-state index contributed by atoms with van der Waals surface area (Å²) in [6.45, 7) is 1.54. The molecule has 0 aliphatic carbocycles. The van der Waals surface area contributed by atoms with Gasteiger partial charge in [0.2, 0.25) is 0 Å². The van der Waals surface area contributed by atoms with Gasteiger partial charge in [-0.05, 0) is 38.4 Å². The van der Waals surface area contributed by atoms with Gasteiger partial charge in [-0.25, -0.2) is 8.42 Å². The van der Waals surface area contributed by atoms with Gasteiger partial charge in [-0.3, -0.25) is 4.72 Å². The molecule has 0 radical (unpaired) electrons. The molecule has 0 spiro atoms. The zero-order chi connectivity index (χ0) is 19.2. The summed E-state index contributed by atoms with van der Waals surface area (Å²) in [4.78, 5) is 2.02. The summed E-state index contributed by atoms with van der Waals surface area (Å²) in [7, 11) is 2.94. The molecule has 2 aromatic rings. The van der Waals surface area contributed by atoms with Crippen molar-refractivity contribution in [3.8, 4) is 11.5 Å². The third kappa shape index (κ3) is 5.20. The van der Waals surface area contributed by atoms with E-state index in [1.54, 1.807) is 18.2 Å². The Morgan fingerprint density at radius 2 is 1.73 bits per heavy atom. The van der Waals surface area contributed by atoms with Gasteiger partial charge >= 0.3 is 0 Å². The third-order valence-electron chi connectivity index (χ3n) is 3.43. The van der Waals surface area contributed by atoms with Gasteiger partial charge in [0.05, 0.1) is 14.2 Å². The highest BCUT2D eigenvalue weighted by atomic mass is 32.2. The number of aromatic nitrogens is 2. The van der Waals surface area contributed by atoms with Crippen molar-refractivity contribution < 1.29 is 17.9 Å². The van der Waals surface area contributed by atoms with E-state index in [2.05, 4.69) is 20.2 Å². The fourth-order valence-electron chi connectivity index (χ4n) is 2.08. The summed E-state index contributed by atoms with van der Waals surface area (Å²) >= 11 is 0. The van der Waals surface area contributed by atoms with Gasteiger partial charge in [-0.1, -0.05) is 0 Å². The largest absolute Gasteiger partial charge is 0.497 e. The fourth-order valence-corrected chi connectivity index (χ4v) is 3.23. The summed E-state index contributed by atoms with van der Waals surface area (Å²) in [6, 6.07) is 7.65. The molecule has 0 fully saturated rings. The maximum Gasteiger partial charge on any atom is 0.266 e. The number of likely N-dealkylation sites (N-methyl/N-ethyl adjacent to an activating group) is 1. The van der Waals surface area contributed by atoms with E-state index in [0.717, 1.165) is 6.54 Å². The van der Waals surface area contributed by atoms with Crippen LogP contribution in [0.25, 0.3) is 0 Å². The predicted molar refractivity (Wildman–Crippen MR) is 99.4 cm³/mol. The number of rotatable bonds is 9. The van der Waals surface area contributed by atoms with Gasteiger partial charge < -0.3 is 19.7 Å². The minimum Gasteiger partial charge on any atom is -0.497 e. The zero-order valence-electron chi connectivity index (χ0n) is 15.2. The standard InChI is InChI=1S/C16H23N5O4S/c1-21(2)10-9-17-15-7-8-16(19-18-15)20-26(22,23)14-6-5-12(24-3)11-13(14)25-4/h5-8,11H,9-10H2,1-4H3,(H,17,18)(H,19,20). The maximum absolute atomic E-state index is 12.6. The zero-order valence-corrected chi connectivity index (χ0v) is 16.0. The molecule has 2 rings (SSSR count). The number of anilines is 2. The van der Waals surface area contributed by atoms with Crippen LogP contribution in [0.4, 0.5) is 11.6 Å². The number of benzene rings is 1. The molecule has 0 saturated carbocycles. The second kappa shape index (κ2) is 8.68. The molecular weight excluding hydrogens is 358 g/mol. The Labute approximate surface area is 153 Å². The van der Waals surface area contributed by atoms with Crippen LogP contribution >= 0.6 is 0 Å². The Balaban J connectivity index is 2.12. The summed E-state index contributed by atoms with van der Waals surface area (Å²) in [5, 5.41) is 11.0.